The van der Waals surface area contributed by atoms with E-state index < -0.39 is 11.4 Å². The number of likely N-dealkylation sites (tertiary alicyclic amines) is 1. The Bertz CT molecular complexity index is 460. The van der Waals surface area contributed by atoms with Crippen LogP contribution < -0.4 is 5.32 Å². The Kier molecular flexibility index (Phi) is 6.02. The van der Waals surface area contributed by atoms with E-state index in [0.717, 1.165) is 25.7 Å². The summed E-state index contributed by atoms with van der Waals surface area (Å²) in [5, 5.41) is 12.3. The second-order valence-electron chi connectivity index (χ2n) is 7.02. The van der Waals surface area contributed by atoms with Gasteiger partial charge < -0.3 is 15.3 Å². The lowest BCUT2D eigenvalue weighted by Gasteiger charge is -2.40. The minimum atomic E-state index is -0.836. The van der Waals surface area contributed by atoms with Crippen molar-refractivity contribution in [2.45, 2.75) is 58.3 Å². The number of nitrogens with zero attached hydrogens (tertiary/aromatic N) is 1. The number of hydrogen-bond donors (Lipinski definition) is 2. The first-order chi connectivity index (χ1) is 11.0. The lowest BCUT2D eigenvalue weighted by atomic mass is 9.66. The predicted molar refractivity (Wildman–Crippen MR) is 85.8 cm³/mol. The predicted octanol–water partition coefficient (Wildman–Crippen LogP) is 1.79. The summed E-state index contributed by atoms with van der Waals surface area (Å²) in [5.74, 6) is -0.542. The van der Waals surface area contributed by atoms with Crippen LogP contribution in [-0.2, 0) is 14.4 Å². The van der Waals surface area contributed by atoms with Crippen molar-refractivity contribution in [3.8, 4) is 0 Å². The van der Waals surface area contributed by atoms with Gasteiger partial charge in [-0.3, -0.25) is 14.4 Å². The van der Waals surface area contributed by atoms with E-state index in [-0.39, 0.29) is 24.2 Å². The number of carbonyl (C=O) groups is 3. The van der Waals surface area contributed by atoms with Gasteiger partial charge in [0.1, 0.15) is 0 Å². The van der Waals surface area contributed by atoms with Crippen LogP contribution in [0.25, 0.3) is 0 Å². The quantitative estimate of drug-likeness (QED) is 0.747. The molecule has 6 heteroatoms. The van der Waals surface area contributed by atoms with E-state index in [2.05, 4.69) is 5.32 Å². The fourth-order valence-electron chi connectivity index (χ4n) is 3.50. The van der Waals surface area contributed by atoms with E-state index in [1.807, 2.05) is 6.92 Å². The molecule has 6 nitrogen and oxygen atoms in total. The van der Waals surface area contributed by atoms with Crippen LogP contribution in [0.3, 0.4) is 0 Å². The van der Waals surface area contributed by atoms with E-state index in [4.69, 9.17) is 0 Å². The van der Waals surface area contributed by atoms with Gasteiger partial charge in [0.15, 0.2) is 0 Å². The molecule has 2 N–H and O–H groups in total. The van der Waals surface area contributed by atoms with E-state index >= 15 is 0 Å². The lowest BCUT2D eigenvalue weighted by Crippen LogP contribution is -2.48. The molecule has 0 bridgehead atoms. The van der Waals surface area contributed by atoms with Gasteiger partial charge in [0, 0.05) is 32.5 Å². The molecule has 1 aliphatic heterocycles. The number of nitrogens with one attached hydrogen (secondary N) is 1. The molecule has 2 amide bonds. The molecule has 2 rings (SSSR count). The summed E-state index contributed by atoms with van der Waals surface area (Å²) in [4.78, 5) is 37.2. The van der Waals surface area contributed by atoms with Crippen molar-refractivity contribution in [2.24, 2.45) is 11.3 Å². The summed E-state index contributed by atoms with van der Waals surface area (Å²) in [5.41, 5.74) is -0.820. The molecular weight excluding hydrogens is 296 g/mol. The zero-order valence-electron chi connectivity index (χ0n) is 14.0. The van der Waals surface area contributed by atoms with Gasteiger partial charge in [-0.15, -0.1) is 0 Å². The van der Waals surface area contributed by atoms with Crippen LogP contribution in [0.4, 0.5) is 0 Å². The van der Waals surface area contributed by atoms with E-state index in [9.17, 15) is 19.5 Å². The van der Waals surface area contributed by atoms with Crippen LogP contribution in [-0.4, -0.2) is 47.4 Å². The average molecular weight is 324 g/mol. The zero-order valence-corrected chi connectivity index (χ0v) is 14.0. The van der Waals surface area contributed by atoms with Gasteiger partial charge in [-0.2, -0.15) is 0 Å². The maximum Gasteiger partial charge on any atom is 0.310 e. The van der Waals surface area contributed by atoms with Gasteiger partial charge in [0.25, 0.3) is 0 Å². The number of carboxylic acids is 1. The summed E-state index contributed by atoms with van der Waals surface area (Å²) >= 11 is 0. The SMILES string of the molecule is CCCC(=O)NCC1CCCN(C(=O)CC2(C(=O)O)CCC2)C1. The Labute approximate surface area is 137 Å². The highest BCUT2D eigenvalue weighted by molar-refractivity contribution is 5.85. The maximum atomic E-state index is 12.5. The van der Waals surface area contributed by atoms with Gasteiger partial charge in [0.2, 0.25) is 11.8 Å². The third-order valence-corrected chi connectivity index (χ3v) is 5.19. The Morgan fingerprint density at radius 3 is 2.57 bits per heavy atom. The molecule has 2 fully saturated rings. The molecule has 0 radical (unpaired) electrons. The van der Waals surface area contributed by atoms with Crippen molar-refractivity contribution in [3.05, 3.63) is 0 Å². The molecule has 23 heavy (non-hydrogen) atoms. The van der Waals surface area contributed by atoms with Gasteiger partial charge in [0.05, 0.1) is 5.41 Å². The summed E-state index contributed by atoms with van der Waals surface area (Å²) in [6, 6.07) is 0. The molecule has 1 saturated heterocycles. The highest BCUT2D eigenvalue weighted by atomic mass is 16.4. The highest BCUT2D eigenvalue weighted by Crippen LogP contribution is 2.44. The van der Waals surface area contributed by atoms with Crippen molar-refractivity contribution < 1.29 is 19.5 Å². The van der Waals surface area contributed by atoms with Crippen molar-refractivity contribution in [2.75, 3.05) is 19.6 Å². The first-order valence-corrected chi connectivity index (χ1v) is 8.75. The minimum absolute atomic E-state index is 0.0447. The van der Waals surface area contributed by atoms with Crippen LogP contribution in [0.5, 0.6) is 0 Å². The molecule has 0 aromatic heterocycles. The van der Waals surface area contributed by atoms with E-state index in [1.165, 1.54) is 0 Å². The molecule has 1 aliphatic carbocycles. The number of piperidine rings is 1. The topological polar surface area (TPSA) is 86.7 Å². The first-order valence-electron chi connectivity index (χ1n) is 8.75. The summed E-state index contributed by atoms with van der Waals surface area (Å²) in [6.45, 7) is 3.90. The molecule has 1 saturated carbocycles. The Morgan fingerprint density at radius 2 is 2.00 bits per heavy atom. The zero-order chi connectivity index (χ0) is 16.9. The Morgan fingerprint density at radius 1 is 1.26 bits per heavy atom. The summed E-state index contributed by atoms with van der Waals surface area (Å²) < 4.78 is 0. The van der Waals surface area contributed by atoms with Crippen LogP contribution in [0, 0.1) is 11.3 Å². The monoisotopic (exact) mass is 324 g/mol. The number of rotatable bonds is 7. The van der Waals surface area contributed by atoms with E-state index in [0.29, 0.717) is 38.9 Å². The molecule has 130 valence electrons. The van der Waals surface area contributed by atoms with Crippen molar-refractivity contribution in [1.29, 1.82) is 0 Å². The van der Waals surface area contributed by atoms with Gasteiger partial charge in [-0.25, -0.2) is 0 Å². The van der Waals surface area contributed by atoms with E-state index in [1.54, 1.807) is 4.90 Å². The van der Waals surface area contributed by atoms with Crippen LogP contribution in [0.2, 0.25) is 0 Å². The molecule has 0 aromatic carbocycles. The van der Waals surface area contributed by atoms with Gasteiger partial charge >= 0.3 is 5.97 Å². The van der Waals surface area contributed by atoms with Gasteiger partial charge in [-0.05, 0) is 38.0 Å². The van der Waals surface area contributed by atoms with Crippen molar-refractivity contribution in [1.82, 2.24) is 10.2 Å². The lowest BCUT2D eigenvalue weighted by molar-refractivity contribution is -0.160. The Balaban J connectivity index is 1.82. The largest absolute Gasteiger partial charge is 0.481 e. The highest BCUT2D eigenvalue weighted by Gasteiger charge is 2.46. The molecule has 2 aliphatic rings. The molecule has 0 spiro atoms. The number of amides is 2. The van der Waals surface area contributed by atoms with Crippen molar-refractivity contribution >= 4 is 17.8 Å². The molecule has 1 heterocycles. The number of hydrogen-bond acceptors (Lipinski definition) is 3. The van der Waals surface area contributed by atoms with Crippen LogP contribution in [0.15, 0.2) is 0 Å². The van der Waals surface area contributed by atoms with Crippen molar-refractivity contribution in [3.63, 3.8) is 0 Å². The molecule has 1 atom stereocenters. The van der Waals surface area contributed by atoms with Crippen LogP contribution in [0.1, 0.15) is 58.3 Å². The smallest absolute Gasteiger partial charge is 0.310 e. The molecule has 1 unspecified atom stereocenters. The fourth-order valence-corrected chi connectivity index (χ4v) is 3.50. The average Bonchev–Trinajstić information content (AvgIpc) is 2.49. The fraction of sp³-hybridized carbons (Fsp3) is 0.824. The van der Waals surface area contributed by atoms with Crippen LogP contribution >= 0.6 is 0 Å². The number of aliphatic carboxylic acids is 1. The Hall–Kier alpha value is -1.59. The number of carbonyl (C=O) groups excluding carboxylic acids is 2. The first kappa shape index (κ1) is 17.8. The maximum absolute atomic E-state index is 12.5. The minimum Gasteiger partial charge on any atom is -0.481 e. The standard InChI is InChI=1S/C17H28N2O4/c1-2-5-14(20)18-11-13-6-3-9-19(12-13)15(21)10-17(16(22)23)7-4-8-17/h13H,2-12H2,1H3,(H,18,20)(H,22,23). The summed E-state index contributed by atoms with van der Waals surface area (Å²) in [6.07, 6.45) is 5.52. The third kappa shape index (κ3) is 4.45. The second-order valence-corrected chi connectivity index (χ2v) is 7.02. The molecular formula is C17H28N2O4. The summed E-state index contributed by atoms with van der Waals surface area (Å²) in [7, 11) is 0. The third-order valence-electron chi connectivity index (χ3n) is 5.19. The normalized spacial score (nSPS) is 23.0. The number of carboxylic acid groups (broad SMARTS) is 1. The molecule has 0 aromatic rings. The second kappa shape index (κ2) is 7.79. The van der Waals surface area contributed by atoms with Gasteiger partial charge in [-0.1, -0.05) is 13.3 Å².